The van der Waals surface area contributed by atoms with E-state index in [9.17, 15) is 8.78 Å². The van der Waals surface area contributed by atoms with Crippen molar-refractivity contribution in [1.29, 1.82) is 0 Å². The molecule has 3 aliphatic rings. The van der Waals surface area contributed by atoms with Crippen LogP contribution in [0.1, 0.15) is 5.82 Å². The molecule has 1 unspecified atom stereocenters. The zero-order valence-corrected chi connectivity index (χ0v) is 17.8. The number of methoxy groups -OCH3 is 1. The number of anilines is 2. The number of aromatic nitrogens is 2. The van der Waals surface area contributed by atoms with Gasteiger partial charge >= 0.3 is 0 Å². The second-order valence-corrected chi connectivity index (χ2v) is 7.82. The van der Waals surface area contributed by atoms with E-state index < -0.39 is 12.1 Å². The van der Waals surface area contributed by atoms with Crippen LogP contribution < -0.4 is 30.6 Å². The van der Waals surface area contributed by atoms with Crippen LogP contribution in [0.3, 0.4) is 0 Å². The Bertz CT molecular complexity index is 1070. The van der Waals surface area contributed by atoms with Crippen molar-refractivity contribution in [2.75, 3.05) is 69.4 Å². The summed E-state index contributed by atoms with van der Waals surface area (Å²) in [6, 6.07) is 6.89. The van der Waals surface area contributed by atoms with Gasteiger partial charge in [0, 0.05) is 45.3 Å². The number of hydrogen-bond donors (Lipinski definition) is 1. The smallest absolute Gasteiger partial charge is 0.290 e. The second-order valence-electron chi connectivity index (χ2n) is 7.82. The molecular formula is C21H25F2N7O2. The van der Waals surface area contributed by atoms with Crippen molar-refractivity contribution in [2.24, 2.45) is 9.98 Å². The molecule has 2 aromatic rings. The fourth-order valence-electron chi connectivity index (χ4n) is 4.15. The van der Waals surface area contributed by atoms with Crippen molar-refractivity contribution in [3.8, 4) is 5.75 Å². The van der Waals surface area contributed by atoms with Crippen LogP contribution >= 0.6 is 0 Å². The van der Waals surface area contributed by atoms with Crippen LogP contribution in [0.5, 0.6) is 5.75 Å². The monoisotopic (exact) mass is 445 g/mol. The Balaban J connectivity index is 1.67. The molecule has 3 aliphatic heterocycles. The lowest BCUT2D eigenvalue weighted by Crippen LogP contribution is -2.45. The lowest BCUT2D eigenvalue weighted by molar-refractivity contribution is 0.0524. The van der Waals surface area contributed by atoms with Gasteiger partial charge in [0.2, 0.25) is 0 Å². The standard InChI is InChI=1S/C21H25F2N7O2/c1-31-15-4-2-3-14-18(15)28-21(27-14,19(22)23)20-25-16(29-7-5-24-6-8-29)13-17(26-20)30-9-11-32-12-10-30/h2-4,13,19,24H,5-12H2,1H3. The number of para-hydroxylation sites is 1. The van der Waals surface area contributed by atoms with Crippen LogP contribution in [0, 0.1) is 0 Å². The third-order valence-corrected chi connectivity index (χ3v) is 5.88. The SMILES string of the molecule is COc1cccc2c1=NC(c1nc(N3CCNCC3)cc(N3CCOCC3)n1)(C(F)F)N=2. The molecular weight excluding hydrogens is 420 g/mol. The van der Waals surface area contributed by atoms with Gasteiger partial charge in [-0.1, -0.05) is 6.07 Å². The molecule has 4 heterocycles. The highest BCUT2D eigenvalue weighted by molar-refractivity contribution is 5.52. The Morgan fingerprint density at radius 1 is 1.03 bits per heavy atom. The fraction of sp³-hybridized carbons (Fsp3) is 0.524. The van der Waals surface area contributed by atoms with Crippen molar-refractivity contribution in [3.63, 3.8) is 0 Å². The Hall–Kier alpha value is -2.92. The summed E-state index contributed by atoms with van der Waals surface area (Å²) in [6.07, 6.45) is -2.93. The van der Waals surface area contributed by atoms with Crippen LogP contribution in [0.4, 0.5) is 20.4 Å². The molecule has 11 heteroatoms. The predicted octanol–water partition coefficient (Wildman–Crippen LogP) is 0.102. The predicted molar refractivity (Wildman–Crippen MR) is 113 cm³/mol. The van der Waals surface area contributed by atoms with Crippen molar-refractivity contribution in [2.45, 2.75) is 12.1 Å². The number of morpholine rings is 1. The van der Waals surface area contributed by atoms with Gasteiger partial charge in [-0.2, -0.15) is 0 Å². The first-order valence-corrected chi connectivity index (χ1v) is 10.7. The van der Waals surface area contributed by atoms with E-state index in [1.165, 1.54) is 7.11 Å². The third-order valence-electron chi connectivity index (χ3n) is 5.88. The summed E-state index contributed by atoms with van der Waals surface area (Å²) >= 11 is 0. The van der Waals surface area contributed by atoms with Crippen molar-refractivity contribution in [1.82, 2.24) is 15.3 Å². The molecule has 0 radical (unpaired) electrons. The Morgan fingerprint density at radius 3 is 2.38 bits per heavy atom. The molecule has 1 aromatic heterocycles. The van der Waals surface area contributed by atoms with Crippen LogP contribution in [0.2, 0.25) is 0 Å². The van der Waals surface area contributed by atoms with E-state index in [2.05, 4.69) is 30.2 Å². The molecule has 0 saturated carbocycles. The van der Waals surface area contributed by atoms with Gasteiger partial charge in [0.05, 0.1) is 25.7 Å². The topological polar surface area (TPSA) is 87.5 Å². The van der Waals surface area contributed by atoms with Crippen LogP contribution in [-0.2, 0) is 10.4 Å². The molecule has 1 atom stereocenters. The van der Waals surface area contributed by atoms with E-state index in [0.29, 0.717) is 54.4 Å². The highest BCUT2D eigenvalue weighted by Gasteiger charge is 2.47. The summed E-state index contributed by atoms with van der Waals surface area (Å²) in [6.45, 7) is 5.40. The van der Waals surface area contributed by atoms with E-state index in [-0.39, 0.29) is 5.82 Å². The summed E-state index contributed by atoms with van der Waals surface area (Å²) in [5, 5.41) is 3.93. The number of halogens is 2. The number of piperazine rings is 1. The molecule has 0 aliphatic carbocycles. The molecule has 1 N–H and O–H groups in total. The Labute approximate surface area is 183 Å². The van der Waals surface area contributed by atoms with Gasteiger partial charge in [0.15, 0.2) is 5.82 Å². The molecule has 1 aromatic carbocycles. The largest absolute Gasteiger partial charge is 0.494 e. The van der Waals surface area contributed by atoms with E-state index >= 15 is 0 Å². The minimum Gasteiger partial charge on any atom is -0.494 e. The summed E-state index contributed by atoms with van der Waals surface area (Å²) in [4.78, 5) is 22.0. The lowest BCUT2D eigenvalue weighted by Gasteiger charge is -2.33. The molecule has 170 valence electrons. The number of hydrogen-bond acceptors (Lipinski definition) is 9. The quantitative estimate of drug-likeness (QED) is 0.699. The molecule has 0 amide bonds. The van der Waals surface area contributed by atoms with Gasteiger partial charge < -0.3 is 24.6 Å². The average Bonchev–Trinajstić information content (AvgIpc) is 3.26. The highest BCUT2D eigenvalue weighted by Crippen LogP contribution is 2.35. The summed E-state index contributed by atoms with van der Waals surface area (Å²) in [7, 11) is 1.48. The number of benzene rings is 1. The molecule has 5 rings (SSSR count). The van der Waals surface area contributed by atoms with Gasteiger partial charge in [0.1, 0.15) is 22.7 Å². The Morgan fingerprint density at radius 2 is 1.72 bits per heavy atom. The molecule has 2 fully saturated rings. The van der Waals surface area contributed by atoms with E-state index in [4.69, 9.17) is 9.47 Å². The first kappa shape index (κ1) is 21.0. The average molecular weight is 445 g/mol. The van der Waals surface area contributed by atoms with Gasteiger partial charge in [0.25, 0.3) is 12.1 Å². The van der Waals surface area contributed by atoms with E-state index in [0.717, 1.165) is 26.2 Å². The first-order valence-electron chi connectivity index (χ1n) is 10.7. The number of alkyl halides is 2. The zero-order valence-electron chi connectivity index (χ0n) is 17.8. The summed E-state index contributed by atoms with van der Waals surface area (Å²) < 4.78 is 40.1. The van der Waals surface area contributed by atoms with Gasteiger partial charge in [-0.3, -0.25) is 0 Å². The summed E-state index contributed by atoms with van der Waals surface area (Å²) in [5.41, 5.74) is -2.22. The first-order chi connectivity index (χ1) is 15.6. The van der Waals surface area contributed by atoms with Crippen LogP contribution in [0.15, 0.2) is 34.3 Å². The number of nitrogens with zero attached hydrogens (tertiary/aromatic N) is 6. The molecule has 0 spiro atoms. The highest BCUT2D eigenvalue weighted by atomic mass is 19.3. The molecule has 0 bridgehead atoms. The van der Waals surface area contributed by atoms with Crippen LogP contribution in [-0.4, -0.2) is 76.0 Å². The minimum absolute atomic E-state index is 0.108. The fourth-order valence-corrected chi connectivity index (χ4v) is 4.15. The van der Waals surface area contributed by atoms with Crippen molar-refractivity contribution < 1.29 is 18.3 Å². The zero-order chi connectivity index (χ0) is 22.1. The number of ether oxygens (including phenoxy) is 2. The maximum atomic E-state index is 14.7. The van der Waals surface area contributed by atoms with E-state index in [1.54, 1.807) is 18.2 Å². The lowest BCUT2D eigenvalue weighted by atomic mass is 10.1. The van der Waals surface area contributed by atoms with Gasteiger partial charge in [-0.05, 0) is 12.1 Å². The Kier molecular flexibility index (Phi) is 5.60. The summed E-state index contributed by atoms with van der Waals surface area (Å²) in [5.74, 6) is 1.47. The van der Waals surface area contributed by atoms with E-state index in [1.807, 2.05) is 11.0 Å². The maximum absolute atomic E-state index is 14.7. The molecule has 9 nitrogen and oxygen atoms in total. The van der Waals surface area contributed by atoms with Gasteiger partial charge in [-0.25, -0.2) is 28.7 Å². The third kappa shape index (κ3) is 3.65. The maximum Gasteiger partial charge on any atom is 0.290 e. The number of nitrogens with one attached hydrogen (secondary N) is 1. The minimum atomic E-state index is -2.93. The van der Waals surface area contributed by atoms with Crippen molar-refractivity contribution in [3.05, 3.63) is 40.8 Å². The second kappa shape index (κ2) is 8.55. The van der Waals surface area contributed by atoms with Crippen LogP contribution in [0.25, 0.3) is 0 Å². The van der Waals surface area contributed by atoms with Gasteiger partial charge in [-0.15, -0.1) is 0 Å². The van der Waals surface area contributed by atoms with Crippen molar-refractivity contribution >= 4 is 11.6 Å². The molecule has 32 heavy (non-hydrogen) atoms. The normalized spacial score (nSPS) is 23.0. The number of fused-ring (bicyclic) bond motifs is 1. The molecule has 2 saturated heterocycles. The number of rotatable bonds is 5.